The monoisotopic (exact) mass is 333 g/mol. The fourth-order valence-electron chi connectivity index (χ4n) is 2.49. The van der Waals surface area contributed by atoms with Gasteiger partial charge in [0.15, 0.2) is 0 Å². The second kappa shape index (κ2) is 7.02. The first-order valence-corrected chi connectivity index (χ1v) is 7.90. The van der Waals surface area contributed by atoms with Crippen LogP contribution < -0.4 is 15.0 Å². The number of anilines is 3. The van der Waals surface area contributed by atoms with E-state index in [0.29, 0.717) is 16.7 Å². The number of aromatic nitrogens is 2. The second-order valence-corrected chi connectivity index (χ2v) is 5.91. The first-order chi connectivity index (χ1) is 11.2. The van der Waals surface area contributed by atoms with Gasteiger partial charge in [-0.3, -0.25) is 0 Å². The zero-order valence-electron chi connectivity index (χ0n) is 13.3. The molecule has 1 aliphatic rings. The molecular weight excluding hydrogens is 314 g/mol. The van der Waals surface area contributed by atoms with Gasteiger partial charge in [-0.25, -0.2) is 4.98 Å². The van der Waals surface area contributed by atoms with Crippen molar-refractivity contribution in [3.05, 3.63) is 35.5 Å². The minimum Gasteiger partial charge on any atom is -0.495 e. The van der Waals surface area contributed by atoms with Crippen LogP contribution in [0, 0.1) is 0 Å². The summed E-state index contributed by atoms with van der Waals surface area (Å²) in [6.45, 7) is 4.03. The van der Waals surface area contributed by atoms with E-state index in [-0.39, 0.29) is 0 Å². The third-order valence-electron chi connectivity index (χ3n) is 3.88. The summed E-state index contributed by atoms with van der Waals surface area (Å²) in [7, 11) is 3.73. The van der Waals surface area contributed by atoms with Crippen molar-refractivity contribution < 1.29 is 4.74 Å². The molecule has 2 aromatic rings. The van der Waals surface area contributed by atoms with E-state index in [4.69, 9.17) is 16.3 Å². The number of ether oxygens (including phenoxy) is 1. The van der Waals surface area contributed by atoms with E-state index in [1.807, 2.05) is 18.2 Å². The molecule has 0 atom stereocenters. The zero-order chi connectivity index (χ0) is 16.2. The van der Waals surface area contributed by atoms with Crippen molar-refractivity contribution in [2.24, 2.45) is 0 Å². The molecule has 6 nitrogen and oxygen atoms in total. The fourth-order valence-corrected chi connectivity index (χ4v) is 2.75. The van der Waals surface area contributed by atoms with Gasteiger partial charge in [0.25, 0.3) is 0 Å². The smallest absolute Gasteiger partial charge is 0.229 e. The van der Waals surface area contributed by atoms with Crippen LogP contribution in [0.25, 0.3) is 0 Å². The predicted octanol–water partition coefficient (Wildman–Crippen LogP) is 2.63. The van der Waals surface area contributed by atoms with Gasteiger partial charge in [0.1, 0.15) is 11.6 Å². The van der Waals surface area contributed by atoms with Crippen molar-refractivity contribution >= 4 is 29.1 Å². The number of rotatable bonds is 4. The van der Waals surface area contributed by atoms with E-state index in [2.05, 4.69) is 32.1 Å². The molecule has 3 rings (SSSR count). The highest BCUT2D eigenvalue weighted by Crippen LogP contribution is 2.28. The molecule has 23 heavy (non-hydrogen) atoms. The minimum atomic E-state index is 0.549. The molecule has 1 aromatic carbocycles. The molecule has 7 heteroatoms. The highest BCUT2D eigenvalue weighted by molar-refractivity contribution is 6.32. The molecule has 1 aliphatic heterocycles. The third kappa shape index (κ3) is 3.83. The molecule has 2 heterocycles. The van der Waals surface area contributed by atoms with Gasteiger partial charge in [0.05, 0.1) is 12.1 Å². The molecule has 1 fully saturated rings. The van der Waals surface area contributed by atoms with E-state index in [1.54, 1.807) is 19.4 Å². The molecule has 0 bridgehead atoms. The van der Waals surface area contributed by atoms with E-state index in [9.17, 15) is 0 Å². The van der Waals surface area contributed by atoms with E-state index < -0.39 is 0 Å². The molecule has 1 aromatic heterocycles. The van der Waals surface area contributed by atoms with Gasteiger partial charge >= 0.3 is 0 Å². The van der Waals surface area contributed by atoms with Crippen molar-refractivity contribution in [2.45, 2.75) is 0 Å². The Morgan fingerprint density at radius 1 is 1.17 bits per heavy atom. The van der Waals surface area contributed by atoms with Crippen LogP contribution >= 0.6 is 11.6 Å². The molecule has 0 radical (unpaired) electrons. The summed E-state index contributed by atoms with van der Waals surface area (Å²) < 4.78 is 5.16. The quantitative estimate of drug-likeness (QED) is 0.928. The largest absolute Gasteiger partial charge is 0.495 e. The molecule has 1 saturated heterocycles. The summed E-state index contributed by atoms with van der Waals surface area (Å²) in [6.07, 6.45) is 1.77. The first kappa shape index (κ1) is 15.8. The maximum absolute atomic E-state index is 6.14. The number of benzene rings is 1. The van der Waals surface area contributed by atoms with Gasteiger partial charge < -0.3 is 19.9 Å². The Labute approximate surface area is 141 Å². The Balaban J connectivity index is 1.73. The Morgan fingerprint density at radius 2 is 1.96 bits per heavy atom. The van der Waals surface area contributed by atoms with Gasteiger partial charge in [-0.2, -0.15) is 4.98 Å². The van der Waals surface area contributed by atoms with Crippen LogP contribution in [-0.2, 0) is 0 Å². The summed E-state index contributed by atoms with van der Waals surface area (Å²) in [5, 5.41) is 3.73. The zero-order valence-corrected chi connectivity index (χ0v) is 14.0. The minimum absolute atomic E-state index is 0.549. The Bertz CT molecular complexity index is 673. The Kier molecular flexibility index (Phi) is 4.83. The number of methoxy groups -OCH3 is 1. The van der Waals surface area contributed by atoms with Gasteiger partial charge in [0, 0.05) is 38.1 Å². The molecule has 122 valence electrons. The summed E-state index contributed by atoms with van der Waals surface area (Å²) in [5.41, 5.74) is 0.825. The highest BCUT2D eigenvalue weighted by atomic mass is 35.5. The average Bonchev–Trinajstić information content (AvgIpc) is 2.56. The second-order valence-electron chi connectivity index (χ2n) is 5.50. The molecule has 0 saturated carbocycles. The summed E-state index contributed by atoms with van der Waals surface area (Å²) in [4.78, 5) is 13.5. The van der Waals surface area contributed by atoms with Gasteiger partial charge in [0.2, 0.25) is 5.95 Å². The van der Waals surface area contributed by atoms with Crippen LogP contribution in [0.15, 0.2) is 30.5 Å². The number of hydrogen-bond acceptors (Lipinski definition) is 6. The van der Waals surface area contributed by atoms with Crippen LogP contribution in [0.3, 0.4) is 0 Å². The van der Waals surface area contributed by atoms with Gasteiger partial charge in [-0.1, -0.05) is 11.6 Å². The number of halogens is 1. The van der Waals surface area contributed by atoms with Crippen molar-refractivity contribution in [2.75, 3.05) is 50.6 Å². The maximum atomic E-state index is 6.14. The average molecular weight is 334 g/mol. The molecule has 0 amide bonds. The number of piperazine rings is 1. The molecular formula is C16H20ClN5O. The van der Waals surface area contributed by atoms with Crippen LogP contribution in [0.4, 0.5) is 17.5 Å². The number of hydrogen-bond donors (Lipinski definition) is 1. The molecule has 1 N–H and O–H groups in total. The number of likely N-dealkylation sites (N-methyl/N-ethyl adjacent to an activating group) is 1. The molecule has 0 unspecified atom stereocenters. The van der Waals surface area contributed by atoms with E-state index in [1.165, 1.54) is 0 Å². The molecule has 0 spiro atoms. The highest BCUT2D eigenvalue weighted by Gasteiger charge is 2.15. The SMILES string of the molecule is COc1ccc(Nc2nccc(N3CCN(C)CC3)n2)cc1Cl. The lowest BCUT2D eigenvalue weighted by Crippen LogP contribution is -2.44. The summed E-state index contributed by atoms with van der Waals surface area (Å²) in [5.74, 6) is 2.14. The van der Waals surface area contributed by atoms with Crippen LogP contribution in [0.2, 0.25) is 5.02 Å². The molecule has 0 aliphatic carbocycles. The summed E-state index contributed by atoms with van der Waals surface area (Å²) in [6, 6.07) is 7.44. The third-order valence-corrected chi connectivity index (χ3v) is 4.17. The number of nitrogens with zero attached hydrogens (tertiary/aromatic N) is 4. The maximum Gasteiger partial charge on any atom is 0.229 e. The van der Waals surface area contributed by atoms with Gasteiger partial charge in [-0.05, 0) is 31.3 Å². The number of nitrogens with one attached hydrogen (secondary N) is 1. The van der Waals surface area contributed by atoms with Crippen LogP contribution in [-0.4, -0.2) is 55.2 Å². The fraction of sp³-hybridized carbons (Fsp3) is 0.375. The standard InChI is InChI=1S/C16H20ClN5O/c1-21-7-9-22(10-8-21)15-5-6-18-16(20-15)19-12-3-4-14(23-2)13(17)11-12/h3-6,11H,7-10H2,1-2H3,(H,18,19,20). The summed E-state index contributed by atoms with van der Waals surface area (Å²) >= 11 is 6.14. The Hall–Kier alpha value is -2.05. The first-order valence-electron chi connectivity index (χ1n) is 7.53. The van der Waals surface area contributed by atoms with Crippen molar-refractivity contribution in [1.82, 2.24) is 14.9 Å². The van der Waals surface area contributed by atoms with Crippen LogP contribution in [0.5, 0.6) is 5.75 Å². The van der Waals surface area contributed by atoms with Gasteiger partial charge in [-0.15, -0.1) is 0 Å². The van der Waals surface area contributed by atoms with Crippen molar-refractivity contribution in [1.29, 1.82) is 0 Å². The lowest BCUT2D eigenvalue weighted by atomic mass is 10.3. The van der Waals surface area contributed by atoms with E-state index >= 15 is 0 Å². The van der Waals surface area contributed by atoms with Crippen molar-refractivity contribution in [3.8, 4) is 5.75 Å². The Morgan fingerprint density at radius 3 is 2.65 bits per heavy atom. The predicted molar refractivity (Wildman–Crippen MR) is 93.0 cm³/mol. The van der Waals surface area contributed by atoms with Crippen molar-refractivity contribution in [3.63, 3.8) is 0 Å². The normalized spacial score (nSPS) is 15.5. The lowest BCUT2D eigenvalue weighted by molar-refractivity contribution is 0.312. The lowest BCUT2D eigenvalue weighted by Gasteiger charge is -2.33. The van der Waals surface area contributed by atoms with Crippen LogP contribution in [0.1, 0.15) is 0 Å². The topological polar surface area (TPSA) is 53.5 Å². The van der Waals surface area contributed by atoms with E-state index in [0.717, 1.165) is 37.7 Å².